The van der Waals surface area contributed by atoms with Crippen LogP contribution in [-0.4, -0.2) is 18.9 Å². The summed E-state index contributed by atoms with van der Waals surface area (Å²) < 4.78 is 18.8. The zero-order valence-corrected chi connectivity index (χ0v) is 10.7. The molecule has 0 saturated heterocycles. The Labute approximate surface area is 106 Å². The average molecular weight is 251 g/mol. The standard InChI is InChI=1S/C14H18FNO2/c1-14(7-3-4-12(14)16)13(17)10-6-5-9(18-2)8-11(10)15/h5-6,8,12H,3-4,7,16H2,1-2H3. The van der Waals surface area contributed by atoms with Crippen LogP contribution < -0.4 is 10.5 Å². The van der Waals surface area contributed by atoms with E-state index >= 15 is 0 Å². The first-order chi connectivity index (χ1) is 8.49. The maximum absolute atomic E-state index is 13.9. The van der Waals surface area contributed by atoms with Gasteiger partial charge in [0.05, 0.1) is 12.7 Å². The lowest BCUT2D eigenvalue weighted by molar-refractivity contribution is 0.0798. The van der Waals surface area contributed by atoms with Crippen molar-refractivity contribution in [2.75, 3.05) is 7.11 Å². The maximum atomic E-state index is 13.9. The van der Waals surface area contributed by atoms with Gasteiger partial charge in [0.15, 0.2) is 5.78 Å². The van der Waals surface area contributed by atoms with Gasteiger partial charge in [-0.05, 0) is 25.0 Å². The van der Waals surface area contributed by atoms with Crippen molar-refractivity contribution in [3.8, 4) is 5.75 Å². The highest BCUT2D eigenvalue weighted by Crippen LogP contribution is 2.40. The minimum absolute atomic E-state index is 0.107. The molecule has 2 N–H and O–H groups in total. The van der Waals surface area contributed by atoms with E-state index in [1.807, 2.05) is 6.92 Å². The van der Waals surface area contributed by atoms with E-state index in [0.717, 1.165) is 19.3 Å². The lowest BCUT2D eigenvalue weighted by atomic mass is 9.78. The molecular weight excluding hydrogens is 233 g/mol. The highest BCUT2D eigenvalue weighted by atomic mass is 19.1. The minimum atomic E-state index is -0.643. The Kier molecular flexibility index (Phi) is 3.39. The summed E-state index contributed by atoms with van der Waals surface area (Å²) in [6, 6.07) is 4.12. The molecule has 0 aromatic heterocycles. The number of benzene rings is 1. The van der Waals surface area contributed by atoms with Gasteiger partial charge in [0, 0.05) is 17.5 Å². The fourth-order valence-corrected chi connectivity index (χ4v) is 2.59. The van der Waals surface area contributed by atoms with Crippen LogP contribution in [0.15, 0.2) is 18.2 Å². The van der Waals surface area contributed by atoms with Gasteiger partial charge in [-0.1, -0.05) is 13.3 Å². The molecule has 98 valence electrons. The predicted molar refractivity (Wildman–Crippen MR) is 67.2 cm³/mol. The second kappa shape index (κ2) is 4.69. The molecule has 0 bridgehead atoms. The lowest BCUT2D eigenvalue weighted by Crippen LogP contribution is -2.41. The van der Waals surface area contributed by atoms with E-state index in [2.05, 4.69) is 0 Å². The average Bonchev–Trinajstić information content (AvgIpc) is 2.70. The third-order valence-corrected chi connectivity index (χ3v) is 3.97. The molecule has 0 aliphatic heterocycles. The summed E-state index contributed by atoms with van der Waals surface area (Å²) in [6.45, 7) is 1.83. The number of halogens is 1. The number of rotatable bonds is 3. The topological polar surface area (TPSA) is 52.3 Å². The summed E-state index contributed by atoms with van der Waals surface area (Å²) in [4.78, 5) is 12.4. The van der Waals surface area contributed by atoms with E-state index < -0.39 is 11.2 Å². The zero-order valence-electron chi connectivity index (χ0n) is 10.7. The molecule has 3 nitrogen and oxygen atoms in total. The Bertz CT molecular complexity index is 475. The summed E-state index contributed by atoms with van der Waals surface area (Å²) in [6.07, 6.45) is 2.46. The predicted octanol–water partition coefficient (Wildman–Crippen LogP) is 2.53. The zero-order chi connectivity index (χ0) is 13.3. The van der Waals surface area contributed by atoms with Gasteiger partial charge < -0.3 is 10.5 Å². The van der Waals surface area contributed by atoms with Gasteiger partial charge in [-0.25, -0.2) is 4.39 Å². The van der Waals surface area contributed by atoms with Crippen molar-refractivity contribution in [3.05, 3.63) is 29.6 Å². The van der Waals surface area contributed by atoms with Crippen LogP contribution in [0.2, 0.25) is 0 Å². The summed E-state index contributed by atoms with van der Waals surface area (Å²) in [5.74, 6) is -0.336. The first-order valence-corrected chi connectivity index (χ1v) is 6.13. The number of ketones is 1. The van der Waals surface area contributed by atoms with Gasteiger partial charge in [0.25, 0.3) is 0 Å². The van der Waals surface area contributed by atoms with E-state index in [1.54, 1.807) is 6.07 Å². The minimum Gasteiger partial charge on any atom is -0.497 e. The summed E-state index contributed by atoms with van der Waals surface area (Å²) in [5, 5.41) is 0. The molecule has 0 amide bonds. The fraction of sp³-hybridized carbons (Fsp3) is 0.500. The second-order valence-electron chi connectivity index (χ2n) is 5.09. The number of nitrogens with two attached hydrogens (primary N) is 1. The van der Waals surface area contributed by atoms with Crippen LogP contribution in [0.1, 0.15) is 36.5 Å². The highest BCUT2D eigenvalue weighted by Gasteiger charge is 2.43. The van der Waals surface area contributed by atoms with E-state index in [-0.39, 0.29) is 17.4 Å². The molecule has 2 unspecified atom stereocenters. The number of Topliss-reactive ketones (excluding diaryl/α,β-unsaturated/α-hetero) is 1. The third-order valence-electron chi connectivity index (χ3n) is 3.97. The molecule has 0 radical (unpaired) electrons. The Morgan fingerprint density at radius 1 is 1.56 bits per heavy atom. The maximum Gasteiger partial charge on any atom is 0.173 e. The van der Waals surface area contributed by atoms with E-state index in [1.165, 1.54) is 19.2 Å². The van der Waals surface area contributed by atoms with Crippen molar-refractivity contribution in [2.24, 2.45) is 11.1 Å². The van der Waals surface area contributed by atoms with E-state index in [0.29, 0.717) is 5.75 Å². The highest BCUT2D eigenvalue weighted by molar-refractivity contribution is 6.01. The molecule has 1 saturated carbocycles. The van der Waals surface area contributed by atoms with Crippen molar-refractivity contribution >= 4 is 5.78 Å². The van der Waals surface area contributed by atoms with Crippen molar-refractivity contribution in [1.82, 2.24) is 0 Å². The van der Waals surface area contributed by atoms with Crippen molar-refractivity contribution < 1.29 is 13.9 Å². The van der Waals surface area contributed by atoms with Gasteiger partial charge >= 0.3 is 0 Å². The normalized spacial score (nSPS) is 27.2. The molecule has 0 heterocycles. The lowest BCUT2D eigenvalue weighted by Gasteiger charge is -2.27. The molecular formula is C14H18FNO2. The number of methoxy groups -OCH3 is 1. The van der Waals surface area contributed by atoms with Crippen molar-refractivity contribution in [1.29, 1.82) is 0 Å². The van der Waals surface area contributed by atoms with Gasteiger partial charge in [-0.3, -0.25) is 4.79 Å². The monoisotopic (exact) mass is 251 g/mol. The quantitative estimate of drug-likeness (QED) is 0.840. The number of carbonyl (C=O) groups is 1. The molecule has 1 aromatic rings. The van der Waals surface area contributed by atoms with Crippen LogP contribution in [0.25, 0.3) is 0 Å². The smallest absolute Gasteiger partial charge is 0.173 e. The Hall–Kier alpha value is -1.42. The van der Waals surface area contributed by atoms with Crippen LogP contribution in [0, 0.1) is 11.2 Å². The third kappa shape index (κ3) is 2.01. The van der Waals surface area contributed by atoms with Crippen LogP contribution in [-0.2, 0) is 0 Å². The van der Waals surface area contributed by atoms with Gasteiger partial charge in [0.1, 0.15) is 11.6 Å². The van der Waals surface area contributed by atoms with Crippen LogP contribution >= 0.6 is 0 Å². The molecule has 1 fully saturated rings. The van der Waals surface area contributed by atoms with Crippen LogP contribution in [0.4, 0.5) is 4.39 Å². The number of hydrogen-bond acceptors (Lipinski definition) is 3. The summed E-state index contributed by atoms with van der Waals surface area (Å²) in [5.41, 5.74) is 5.45. The largest absolute Gasteiger partial charge is 0.497 e. The summed E-state index contributed by atoms with van der Waals surface area (Å²) >= 11 is 0. The van der Waals surface area contributed by atoms with Crippen molar-refractivity contribution in [2.45, 2.75) is 32.2 Å². The first-order valence-electron chi connectivity index (χ1n) is 6.13. The Morgan fingerprint density at radius 2 is 2.28 bits per heavy atom. The molecule has 2 rings (SSSR count). The molecule has 18 heavy (non-hydrogen) atoms. The number of ether oxygens (including phenoxy) is 1. The molecule has 1 aromatic carbocycles. The number of hydrogen-bond donors (Lipinski definition) is 1. The molecule has 0 spiro atoms. The molecule has 4 heteroatoms. The molecule has 1 aliphatic rings. The van der Waals surface area contributed by atoms with E-state index in [9.17, 15) is 9.18 Å². The second-order valence-corrected chi connectivity index (χ2v) is 5.09. The van der Waals surface area contributed by atoms with Gasteiger partial charge in [-0.2, -0.15) is 0 Å². The van der Waals surface area contributed by atoms with Crippen LogP contribution in [0.3, 0.4) is 0 Å². The van der Waals surface area contributed by atoms with Gasteiger partial charge in [0.2, 0.25) is 0 Å². The van der Waals surface area contributed by atoms with Gasteiger partial charge in [-0.15, -0.1) is 0 Å². The van der Waals surface area contributed by atoms with Crippen LogP contribution in [0.5, 0.6) is 5.75 Å². The Morgan fingerprint density at radius 3 is 2.78 bits per heavy atom. The fourth-order valence-electron chi connectivity index (χ4n) is 2.59. The SMILES string of the molecule is COc1ccc(C(=O)C2(C)CCCC2N)c(F)c1. The first kappa shape index (κ1) is 13.0. The van der Waals surface area contributed by atoms with E-state index in [4.69, 9.17) is 10.5 Å². The van der Waals surface area contributed by atoms with Crippen molar-refractivity contribution in [3.63, 3.8) is 0 Å². The Balaban J connectivity index is 2.34. The summed E-state index contributed by atoms with van der Waals surface area (Å²) in [7, 11) is 1.46. The molecule has 1 aliphatic carbocycles. The molecule has 2 atom stereocenters. The number of carbonyl (C=O) groups excluding carboxylic acids is 1.